The van der Waals surface area contributed by atoms with E-state index in [9.17, 15) is 8.42 Å². The molecular weight excluding hydrogens is 286 g/mol. The van der Waals surface area contributed by atoms with Crippen LogP contribution in [0.2, 0.25) is 0 Å². The van der Waals surface area contributed by atoms with Crippen LogP contribution in [0.5, 0.6) is 0 Å². The highest BCUT2D eigenvalue weighted by Crippen LogP contribution is 2.18. The van der Waals surface area contributed by atoms with E-state index in [0.717, 1.165) is 5.69 Å². The third-order valence-corrected chi connectivity index (χ3v) is 3.84. The summed E-state index contributed by atoms with van der Waals surface area (Å²) in [6.07, 6.45) is 0. The number of hydrogen-bond acceptors (Lipinski definition) is 3. The molecule has 0 atom stereocenters. The molecule has 0 saturated heterocycles. The zero-order valence-electron chi connectivity index (χ0n) is 12.1. The summed E-state index contributed by atoms with van der Waals surface area (Å²) in [4.78, 5) is 0. The van der Waals surface area contributed by atoms with Gasteiger partial charge in [0.05, 0.1) is 5.69 Å². The molecule has 0 heterocycles. The second kappa shape index (κ2) is 6.15. The van der Waals surface area contributed by atoms with E-state index in [0.29, 0.717) is 12.2 Å². The monoisotopic (exact) mass is 305 g/mol. The van der Waals surface area contributed by atoms with Gasteiger partial charge >= 0.3 is 0 Å². The molecular formula is C15H19N3O2S. The van der Waals surface area contributed by atoms with Crippen molar-refractivity contribution in [3.63, 3.8) is 0 Å². The first-order chi connectivity index (χ1) is 9.85. The highest BCUT2D eigenvalue weighted by Gasteiger charge is 2.04. The number of anilines is 2. The number of benzene rings is 2. The van der Waals surface area contributed by atoms with Gasteiger partial charge in [0.2, 0.25) is 0 Å². The summed E-state index contributed by atoms with van der Waals surface area (Å²) >= 11 is 0. The maximum Gasteiger partial charge on any atom is 0.296 e. The molecule has 0 spiro atoms. The maximum atomic E-state index is 11.0. The maximum absolute atomic E-state index is 11.0. The van der Waals surface area contributed by atoms with Gasteiger partial charge in [-0.1, -0.05) is 24.3 Å². The Balaban J connectivity index is 2.10. The molecule has 2 rings (SSSR count). The molecule has 21 heavy (non-hydrogen) atoms. The molecule has 0 aliphatic heterocycles. The van der Waals surface area contributed by atoms with Crippen LogP contribution in [0.15, 0.2) is 42.5 Å². The molecule has 4 N–H and O–H groups in total. The topological polar surface area (TPSA) is 84.2 Å². The molecule has 112 valence electrons. The molecule has 0 saturated carbocycles. The molecule has 5 nitrogen and oxygen atoms in total. The lowest BCUT2D eigenvalue weighted by Gasteiger charge is -2.12. The number of hydrogen-bond donors (Lipinski definition) is 3. The Morgan fingerprint density at radius 3 is 2.43 bits per heavy atom. The van der Waals surface area contributed by atoms with Crippen molar-refractivity contribution in [3.8, 4) is 0 Å². The number of nitrogens with two attached hydrogens (primary N) is 1. The lowest BCUT2D eigenvalue weighted by atomic mass is 10.0. The van der Waals surface area contributed by atoms with E-state index >= 15 is 0 Å². The van der Waals surface area contributed by atoms with Crippen molar-refractivity contribution in [3.05, 3.63) is 59.2 Å². The summed E-state index contributed by atoms with van der Waals surface area (Å²) in [6, 6.07) is 13.2. The van der Waals surface area contributed by atoms with Gasteiger partial charge in [0.25, 0.3) is 10.2 Å². The molecule has 0 fully saturated rings. The molecule has 0 radical (unpaired) electrons. The minimum Gasteiger partial charge on any atom is -0.381 e. The van der Waals surface area contributed by atoms with Gasteiger partial charge in [-0.05, 0) is 48.7 Å². The van der Waals surface area contributed by atoms with Crippen molar-refractivity contribution in [2.75, 3.05) is 10.0 Å². The smallest absolute Gasteiger partial charge is 0.296 e. The van der Waals surface area contributed by atoms with Crippen molar-refractivity contribution in [1.29, 1.82) is 0 Å². The van der Waals surface area contributed by atoms with Gasteiger partial charge in [-0.15, -0.1) is 0 Å². The van der Waals surface area contributed by atoms with Gasteiger partial charge in [-0.3, -0.25) is 4.72 Å². The van der Waals surface area contributed by atoms with Crippen LogP contribution in [0.25, 0.3) is 0 Å². The standard InChI is InChI=1S/C15H19N3O2S/c1-11-5-3-6-13(12(11)2)10-17-14-7-4-8-15(9-14)18-21(16,19)20/h3-9,17-18H,10H2,1-2H3,(H2,16,19,20). The van der Waals surface area contributed by atoms with Gasteiger partial charge in [0, 0.05) is 12.2 Å². The van der Waals surface area contributed by atoms with E-state index in [1.54, 1.807) is 18.2 Å². The Bertz CT molecular complexity index is 742. The Hall–Kier alpha value is -2.05. The van der Waals surface area contributed by atoms with E-state index in [-0.39, 0.29) is 0 Å². The first-order valence-corrected chi connectivity index (χ1v) is 8.09. The fraction of sp³-hybridized carbons (Fsp3) is 0.200. The predicted octanol–water partition coefficient (Wildman–Crippen LogP) is 2.53. The van der Waals surface area contributed by atoms with Crippen LogP contribution in [0.4, 0.5) is 11.4 Å². The Morgan fingerprint density at radius 2 is 1.71 bits per heavy atom. The Labute approximate surface area is 125 Å². The summed E-state index contributed by atoms with van der Waals surface area (Å²) in [6.45, 7) is 4.84. The molecule has 0 aliphatic carbocycles. The quantitative estimate of drug-likeness (QED) is 0.793. The zero-order chi connectivity index (χ0) is 15.5. The fourth-order valence-corrected chi connectivity index (χ4v) is 2.51. The minimum absolute atomic E-state index is 0.434. The Kier molecular flexibility index (Phi) is 4.50. The first-order valence-electron chi connectivity index (χ1n) is 6.55. The molecule has 6 heteroatoms. The van der Waals surface area contributed by atoms with E-state index in [2.05, 4.69) is 36.0 Å². The van der Waals surface area contributed by atoms with E-state index in [4.69, 9.17) is 5.14 Å². The van der Waals surface area contributed by atoms with Crippen molar-refractivity contribution >= 4 is 21.6 Å². The lowest BCUT2D eigenvalue weighted by Crippen LogP contribution is -2.21. The van der Waals surface area contributed by atoms with Crippen LogP contribution in [-0.4, -0.2) is 8.42 Å². The lowest BCUT2D eigenvalue weighted by molar-refractivity contribution is 0.603. The summed E-state index contributed by atoms with van der Waals surface area (Å²) in [5, 5.41) is 8.24. The molecule has 2 aromatic carbocycles. The minimum atomic E-state index is -3.75. The highest BCUT2D eigenvalue weighted by atomic mass is 32.2. The number of rotatable bonds is 5. The highest BCUT2D eigenvalue weighted by molar-refractivity contribution is 7.90. The Morgan fingerprint density at radius 1 is 1.05 bits per heavy atom. The van der Waals surface area contributed by atoms with Crippen molar-refractivity contribution < 1.29 is 8.42 Å². The number of nitrogens with one attached hydrogen (secondary N) is 2. The van der Waals surface area contributed by atoms with Gasteiger partial charge in [-0.25, -0.2) is 5.14 Å². The van der Waals surface area contributed by atoms with Crippen molar-refractivity contribution in [2.45, 2.75) is 20.4 Å². The summed E-state index contributed by atoms with van der Waals surface area (Å²) in [7, 11) is -3.75. The largest absolute Gasteiger partial charge is 0.381 e. The van der Waals surface area contributed by atoms with Crippen LogP contribution in [0.3, 0.4) is 0 Å². The summed E-state index contributed by atoms with van der Waals surface area (Å²) in [5.41, 5.74) is 4.97. The number of aryl methyl sites for hydroxylation is 1. The van der Waals surface area contributed by atoms with Crippen molar-refractivity contribution in [2.24, 2.45) is 5.14 Å². The normalized spacial score (nSPS) is 11.2. The van der Waals surface area contributed by atoms with Gasteiger partial charge in [-0.2, -0.15) is 8.42 Å². The molecule has 2 aromatic rings. The van der Waals surface area contributed by atoms with E-state index in [1.165, 1.54) is 16.7 Å². The molecule has 0 aromatic heterocycles. The second-order valence-corrected chi connectivity index (χ2v) is 6.23. The van der Waals surface area contributed by atoms with Crippen molar-refractivity contribution in [1.82, 2.24) is 0 Å². The average molecular weight is 305 g/mol. The third kappa shape index (κ3) is 4.47. The van der Waals surface area contributed by atoms with Crippen LogP contribution in [-0.2, 0) is 16.8 Å². The van der Waals surface area contributed by atoms with Crippen LogP contribution in [0.1, 0.15) is 16.7 Å². The molecule has 0 unspecified atom stereocenters. The zero-order valence-corrected chi connectivity index (χ0v) is 12.9. The third-order valence-electron chi connectivity index (χ3n) is 3.32. The first kappa shape index (κ1) is 15.3. The van der Waals surface area contributed by atoms with Crippen LogP contribution < -0.4 is 15.2 Å². The molecule has 0 amide bonds. The van der Waals surface area contributed by atoms with Gasteiger partial charge < -0.3 is 5.32 Å². The predicted molar refractivity (Wildman–Crippen MR) is 86.4 cm³/mol. The fourth-order valence-electron chi connectivity index (χ4n) is 2.06. The van der Waals surface area contributed by atoms with Crippen LogP contribution >= 0.6 is 0 Å². The van der Waals surface area contributed by atoms with Crippen LogP contribution in [0, 0.1) is 13.8 Å². The molecule has 0 bridgehead atoms. The van der Waals surface area contributed by atoms with Gasteiger partial charge in [0.15, 0.2) is 0 Å². The second-order valence-electron chi connectivity index (χ2n) is 4.94. The summed E-state index contributed by atoms with van der Waals surface area (Å²) in [5.74, 6) is 0. The molecule has 0 aliphatic rings. The SMILES string of the molecule is Cc1cccc(CNc2cccc(NS(N)(=O)=O)c2)c1C. The average Bonchev–Trinajstić information content (AvgIpc) is 2.39. The van der Waals surface area contributed by atoms with E-state index < -0.39 is 10.2 Å². The summed E-state index contributed by atoms with van der Waals surface area (Å²) < 4.78 is 24.3. The van der Waals surface area contributed by atoms with Gasteiger partial charge in [0.1, 0.15) is 0 Å². The van der Waals surface area contributed by atoms with E-state index in [1.807, 2.05) is 12.1 Å².